The second-order valence-electron chi connectivity index (χ2n) is 3.84. The van der Waals surface area contributed by atoms with Gasteiger partial charge in [0.1, 0.15) is 0 Å². The van der Waals surface area contributed by atoms with Gasteiger partial charge in [0.25, 0.3) is 0 Å². The van der Waals surface area contributed by atoms with E-state index in [1.165, 1.54) is 0 Å². The van der Waals surface area contributed by atoms with Gasteiger partial charge in [0.2, 0.25) is 0 Å². The number of nitrogens with zero attached hydrogens (tertiary/aromatic N) is 2. The summed E-state index contributed by atoms with van der Waals surface area (Å²) in [5, 5.41) is 13.1. The number of hydrogen-bond donors (Lipinski definition) is 2. The van der Waals surface area contributed by atoms with E-state index in [1.807, 2.05) is 17.8 Å². The van der Waals surface area contributed by atoms with E-state index in [0.29, 0.717) is 0 Å². The number of aliphatic hydroxyl groups excluding tert-OH is 1. The van der Waals surface area contributed by atoms with E-state index in [9.17, 15) is 0 Å². The van der Waals surface area contributed by atoms with E-state index in [0.717, 1.165) is 23.9 Å². The van der Waals surface area contributed by atoms with E-state index in [4.69, 9.17) is 10.8 Å². The molecule has 5 heteroatoms. The Bertz CT molecular complexity index is 285. The number of hydrogen-bond acceptors (Lipinski definition) is 3. The van der Waals surface area contributed by atoms with Crippen molar-refractivity contribution in [2.75, 3.05) is 6.61 Å². The van der Waals surface area contributed by atoms with E-state index in [1.54, 1.807) is 6.20 Å². The molecule has 0 fully saturated rings. The van der Waals surface area contributed by atoms with E-state index in [2.05, 4.69) is 21.0 Å². The monoisotopic (exact) mass is 261 g/mol. The van der Waals surface area contributed by atoms with Crippen LogP contribution >= 0.6 is 15.9 Å². The first-order valence-electron chi connectivity index (χ1n) is 4.61. The van der Waals surface area contributed by atoms with Crippen molar-refractivity contribution >= 4 is 15.9 Å². The van der Waals surface area contributed by atoms with Crippen LogP contribution in [-0.4, -0.2) is 27.0 Å². The normalized spacial score (nSPS) is 15.4. The topological polar surface area (TPSA) is 64.1 Å². The number of aliphatic hydroxyl groups is 1. The number of aromatic nitrogens is 2. The van der Waals surface area contributed by atoms with Gasteiger partial charge in [0.05, 0.1) is 17.3 Å². The molecule has 1 heterocycles. The molecule has 0 radical (unpaired) electrons. The summed E-state index contributed by atoms with van der Waals surface area (Å²) in [4.78, 5) is 0. The van der Waals surface area contributed by atoms with Crippen LogP contribution in [0.25, 0.3) is 0 Å². The fourth-order valence-corrected chi connectivity index (χ4v) is 1.51. The smallest absolute Gasteiger partial charge is 0.0632 e. The lowest BCUT2D eigenvalue weighted by Gasteiger charge is -2.21. The third kappa shape index (κ3) is 3.77. The molecule has 0 saturated heterocycles. The van der Waals surface area contributed by atoms with Crippen LogP contribution in [0.2, 0.25) is 0 Å². The van der Waals surface area contributed by atoms with Gasteiger partial charge in [-0.05, 0) is 35.7 Å². The quantitative estimate of drug-likeness (QED) is 0.836. The van der Waals surface area contributed by atoms with Crippen LogP contribution in [0.4, 0.5) is 0 Å². The van der Waals surface area contributed by atoms with Crippen LogP contribution in [0.3, 0.4) is 0 Å². The molecule has 0 aromatic carbocycles. The van der Waals surface area contributed by atoms with Gasteiger partial charge in [-0.1, -0.05) is 0 Å². The summed E-state index contributed by atoms with van der Waals surface area (Å²) in [5.74, 6) is 0. The predicted octanol–water partition coefficient (Wildman–Crippen LogP) is 1.14. The van der Waals surface area contributed by atoms with Crippen molar-refractivity contribution < 1.29 is 5.11 Å². The highest BCUT2D eigenvalue weighted by Gasteiger charge is 2.15. The molecular formula is C9H16BrN3O. The minimum Gasteiger partial charge on any atom is -0.394 e. The van der Waals surface area contributed by atoms with Crippen molar-refractivity contribution in [3.8, 4) is 0 Å². The minimum absolute atomic E-state index is 0.0236. The molecule has 80 valence electrons. The first-order valence-corrected chi connectivity index (χ1v) is 5.40. The maximum absolute atomic E-state index is 8.94. The van der Waals surface area contributed by atoms with Gasteiger partial charge in [-0.15, -0.1) is 0 Å². The van der Waals surface area contributed by atoms with Crippen LogP contribution in [0, 0.1) is 0 Å². The summed E-state index contributed by atoms with van der Waals surface area (Å²) in [7, 11) is 0. The van der Waals surface area contributed by atoms with Crippen molar-refractivity contribution in [3.63, 3.8) is 0 Å². The predicted molar refractivity (Wildman–Crippen MR) is 58.8 cm³/mol. The molecular weight excluding hydrogens is 246 g/mol. The molecule has 0 aliphatic rings. The summed E-state index contributed by atoms with van der Waals surface area (Å²) in [6.07, 6.45) is 5.39. The maximum atomic E-state index is 8.94. The summed E-state index contributed by atoms with van der Waals surface area (Å²) in [6, 6.07) is 0. The second kappa shape index (κ2) is 4.91. The number of halogens is 1. The number of rotatable bonds is 5. The third-order valence-electron chi connectivity index (χ3n) is 2.10. The average Bonchev–Trinajstić information content (AvgIpc) is 2.51. The zero-order chi connectivity index (χ0) is 10.6. The van der Waals surface area contributed by atoms with Gasteiger partial charge in [0.15, 0.2) is 0 Å². The highest BCUT2D eigenvalue weighted by atomic mass is 79.9. The van der Waals surface area contributed by atoms with E-state index in [-0.39, 0.29) is 6.61 Å². The van der Waals surface area contributed by atoms with Gasteiger partial charge in [0, 0.05) is 18.3 Å². The molecule has 1 atom stereocenters. The molecule has 4 nitrogen and oxygen atoms in total. The molecule has 3 N–H and O–H groups in total. The largest absolute Gasteiger partial charge is 0.394 e. The zero-order valence-corrected chi connectivity index (χ0v) is 9.87. The molecule has 1 aromatic heterocycles. The molecule has 1 rings (SSSR count). The first kappa shape index (κ1) is 11.7. The SMILES string of the molecule is CC(N)(CO)CCCn1cc(Br)cn1. The van der Waals surface area contributed by atoms with Gasteiger partial charge in [-0.2, -0.15) is 5.10 Å². The lowest BCUT2D eigenvalue weighted by Crippen LogP contribution is -2.40. The molecule has 1 unspecified atom stereocenters. The fraction of sp³-hybridized carbons (Fsp3) is 0.667. The molecule has 0 amide bonds. The number of aryl methyl sites for hydroxylation is 1. The molecule has 14 heavy (non-hydrogen) atoms. The minimum atomic E-state index is -0.468. The Morgan fingerprint density at radius 2 is 2.43 bits per heavy atom. The van der Waals surface area contributed by atoms with Crippen LogP contribution < -0.4 is 5.73 Å². The lowest BCUT2D eigenvalue weighted by atomic mass is 9.99. The Hall–Kier alpha value is -0.390. The molecule has 0 saturated carbocycles. The van der Waals surface area contributed by atoms with Crippen LogP contribution in [-0.2, 0) is 6.54 Å². The Labute approximate surface area is 92.2 Å². The molecule has 0 aliphatic carbocycles. The highest BCUT2D eigenvalue weighted by molar-refractivity contribution is 9.10. The van der Waals surface area contributed by atoms with E-state index < -0.39 is 5.54 Å². The average molecular weight is 262 g/mol. The summed E-state index contributed by atoms with van der Waals surface area (Å²) < 4.78 is 2.84. The summed E-state index contributed by atoms with van der Waals surface area (Å²) in [5.41, 5.74) is 5.33. The van der Waals surface area contributed by atoms with Gasteiger partial charge in [-0.3, -0.25) is 4.68 Å². The van der Waals surface area contributed by atoms with Gasteiger partial charge in [-0.25, -0.2) is 0 Å². The van der Waals surface area contributed by atoms with Crippen molar-refractivity contribution in [3.05, 3.63) is 16.9 Å². The second-order valence-corrected chi connectivity index (χ2v) is 4.75. The molecule has 0 aliphatic heterocycles. The van der Waals surface area contributed by atoms with Crippen LogP contribution in [0.5, 0.6) is 0 Å². The van der Waals surface area contributed by atoms with Crippen molar-refractivity contribution in [2.45, 2.75) is 31.8 Å². The Morgan fingerprint density at radius 1 is 1.71 bits per heavy atom. The highest BCUT2D eigenvalue weighted by Crippen LogP contribution is 2.10. The van der Waals surface area contributed by atoms with Crippen LogP contribution in [0.15, 0.2) is 16.9 Å². The Morgan fingerprint density at radius 3 is 2.93 bits per heavy atom. The Balaban J connectivity index is 2.28. The van der Waals surface area contributed by atoms with Crippen molar-refractivity contribution in [1.29, 1.82) is 0 Å². The molecule has 0 spiro atoms. The van der Waals surface area contributed by atoms with Crippen molar-refractivity contribution in [2.24, 2.45) is 5.73 Å². The standard InChI is InChI=1S/C9H16BrN3O/c1-9(11,7-14)3-2-4-13-6-8(10)5-12-13/h5-6,14H,2-4,7,11H2,1H3. The maximum Gasteiger partial charge on any atom is 0.0632 e. The number of nitrogens with two attached hydrogens (primary N) is 1. The summed E-state index contributed by atoms with van der Waals surface area (Å²) in [6.45, 7) is 2.71. The Kier molecular flexibility index (Phi) is 4.10. The van der Waals surface area contributed by atoms with Gasteiger partial charge < -0.3 is 10.8 Å². The third-order valence-corrected chi connectivity index (χ3v) is 2.51. The van der Waals surface area contributed by atoms with Gasteiger partial charge >= 0.3 is 0 Å². The zero-order valence-electron chi connectivity index (χ0n) is 8.28. The first-order chi connectivity index (χ1) is 6.53. The van der Waals surface area contributed by atoms with Crippen molar-refractivity contribution in [1.82, 2.24) is 9.78 Å². The summed E-state index contributed by atoms with van der Waals surface area (Å²) >= 11 is 3.33. The molecule has 1 aromatic rings. The molecule has 0 bridgehead atoms. The lowest BCUT2D eigenvalue weighted by molar-refractivity contribution is 0.196. The van der Waals surface area contributed by atoms with Crippen LogP contribution in [0.1, 0.15) is 19.8 Å². The van der Waals surface area contributed by atoms with E-state index >= 15 is 0 Å². The fourth-order valence-electron chi connectivity index (χ4n) is 1.18.